The summed E-state index contributed by atoms with van der Waals surface area (Å²) in [4.78, 5) is 24.2. The average Bonchev–Trinajstić information content (AvgIpc) is 3.68. The van der Waals surface area contributed by atoms with Crippen LogP contribution in [-0.4, -0.2) is 70.5 Å². The van der Waals surface area contributed by atoms with Gasteiger partial charge < -0.3 is 44.9 Å². The molecular formula is C59H62Li3N6O-5. The molecule has 0 bridgehead atoms. The van der Waals surface area contributed by atoms with Gasteiger partial charge in [0, 0.05) is 18.2 Å². The van der Waals surface area contributed by atoms with E-state index < -0.39 is 0 Å². The molecule has 342 valence electrons. The molecule has 7 nitrogen and oxygen atoms in total. The van der Waals surface area contributed by atoms with E-state index in [0.29, 0.717) is 17.7 Å². The number of aryl methyl sites for hydroxylation is 2. The van der Waals surface area contributed by atoms with Crippen molar-refractivity contribution in [3.63, 3.8) is 0 Å². The van der Waals surface area contributed by atoms with Crippen LogP contribution < -0.4 is 56.6 Å². The minimum Gasteiger partial charge on any atom is -0.855 e. The standard InChI is InChI=1S/C29H29N3O.C27H25N3.C2H5.CH3.3Li/c1-20-7-12-26(21(2)17-20)28(30)23-10-8-22(9-11-23)18-31-15-13-25(14-16-31)32-19-24-5-3-4-6-27(24)29(32)33;1-21-7-5-6-10-26(21)27(28)24-13-11-23(12-14-24)20-30-17-15-22(16-18-30)19-29-25-8-3-2-4-9-25;1-2;;;;/h3-10,12,17,25,30H,1,13-16,18-19H2,2H3;2-8,10-13,22H,15-18,20H2,1H3;1H2,2H3;1H3;;;/q-2;-4;2*-1;3*+1. The zero-order valence-electron chi connectivity index (χ0n) is 42.1. The van der Waals surface area contributed by atoms with E-state index in [1.165, 1.54) is 11.1 Å². The van der Waals surface area contributed by atoms with Gasteiger partial charge in [0.2, 0.25) is 0 Å². The summed E-state index contributed by atoms with van der Waals surface area (Å²) in [5.74, 6) is 0.598. The molecule has 6 aromatic carbocycles. The number of amides is 1. The fraction of sp³-hybridized carbons (Fsp3) is 0.271. The van der Waals surface area contributed by atoms with Crippen molar-refractivity contribution >= 4 is 29.2 Å². The second-order valence-electron chi connectivity index (χ2n) is 17.0. The van der Waals surface area contributed by atoms with E-state index in [-0.39, 0.29) is 75.6 Å². The third kappa shape index (κ3) is 15.7. The van der Waals surface area contributed by atoms with Crippen LogP contribution in [0, 0.1) is 64.6 Å². The van der Waals surface area contributed by atoms with Crippen molar-refractivity contribution < 1.29 is 61.4 Å². The number of hydrogen-bond donors (Lipinski definition) is 1. The van der Waals surface area contributed by atoms with Gasteiger partial charge in [-0.2, -0.15) is 61.5 Å². The number of carbonyl (C=O) groups is 1. The van der Waals surface area contributed by atoms with Crippen molar-refractivity contribution in [2.24, 2.45) is 10.9 Å². The molecule has 3 heterocycles. The molecule has 0 atom stereocenters. The summed E-state index contributed by atoms with van der Waals surface area (Å²) in [6.45, 7) is 19.5. The molecule has 0 spiro atoms. The van der Waals surface area contributed by atoms with Crippen molar-refractivity contribution in [1.82, 2.24) is 14.7 Å². The number of piperidine rings is 2. The van der Waals surface area contributed by atoms with Gasteiger partial charge in [-0.15, -0.1) is 76.9 Å². The van der Waals surface area contributed by atoms with E-state index in [1.807, 2.05) is 123 Å². The van der Waals surface area contributed by atoms with Gasteiger partial charge in [0.15, 0.2) is 0 Å². The number of fused-ring (bicyclic) bond motifs is 1. The summed E-state index contributed by atoms with van der Waals surface area (Å²) < 4.78 is 0. The number of carbonyl (C=O) groups excluding carboxylic acids is 1. The number of para-hydroxylation sites is 1. The molecule has 0 unspecified atom stereocenters. The molecule has 6 aromatic rings. The second-order valence-corrected chi connectivity index (χ2v) is 17.0. The Morgan fingerprint density at radius 1 is 0.725 bits per heavy atom. The maximum absolute atomic E-state index is 12.8. The van der Waals surface area contributed by atoms with E-state index in [1.54, 1.807) is 6.92 Å². The van der Waals surface area contributed by atoms with Gasteiger partial charge in [0.05, 0.1) is 0 Å². The minimum atomic E-state index is 0. The summed E-state index contributed by atoms with van der Waals surface area (Å²) >= 11 is 0. The Balaban J connectivity index is 0.000000335. The molecule has 2 fully saturated rings. The average molecular weight is 892 g/mol. The molecule has 3 aliphatic heterocycles. The third-order valence-electron chi connectivity index (χ3n) is 12.5. The summed E-state index contributed by atoms with van der Waals surface area (Å²) in [5, 5.41) is 19.2. The SMILES string of the molecule is Cc1ccccc1C(=[N-])c1[c-]cc(CN2CCC([C-]=Nc3[c-]cccc3)CC2)cc1.[CH2-]C.[CH2-]c1ccc(C(=N)c2[c-]cc(CN3CCC(N4Cc5ccccc5C4=O)CC3)cc2)c(C)c1.[CH3-].[Li+].[Li+].[Li+]. The maximum Gasteiger partial charge on any atom is 1.00 e. The Morgan fingerprint density at radius 2 is 1.32 bits per heavy atom. The Bertz CT molecular complexity index is 2560. The predicted octanol–water partition coefficient (Wildman–Crippen LogP) is 2.81. The zero-order chi connectivity index (χ0) is 45.7. The van der Waals surface area contributed by atoms with Crippen LogP contribution >= 0.6 is 0 Å². The van der Waals surface area contributed by atoms with Gasteiger partial charge in [-0.3, -0.25) is 10.9 Å². The minimum absolute atomic E-state index is 0. The molecule has 0 aromatic heterocycles. The first-order valence-corrected chi connectivity index (χ1v) is 22.8. The summed E-state index contributed by atoms with van der Waals surface area (Å²) in [7, 11) is 0. The Morgan fingerprint density at radius 3 is 1.90 bits per heavy atom. The molecule has 0 radical (unpaired) electrons. The predicted molar refractivity (Wildman–Crippen MR) is 272 cm³/mol. The van der Waals surface area contributed by atoms with E-state index in [9.17, 15) is 10.2 Å². The topological polar surface area (TPSA) is 85.3 Å². The van der Waals surface area contributed by atoms with Crippen LogP contribution in [0.4, 0.5) is 5.69 Å². The number of nitrogens with one attached hydrogen (secondary N) is 1. The van der Waals surface area contributed by atoms with Gasteiger partial charge >= 0.3 is 56.6 Å². The van der Waals surface area contributed by atoms with Crippen LogP contribution in [0.3, 0.4) is 0 Å². The molecule has 69 heavy (non-hydrogen) atoms. The molecule has 0 saturated carbocycles. The van der Waals surface area contributed by atoms with Crippen LogP contribution in [0.5, 0.6) is 0 Å². The molecule has 0 aliphatic carbocycles. The van der Waals surface area contributed by atoms with Gasteiger partial charge in [-0.25, -0.2) is 17.5 Å². The van der Waals surface area contributed by atoms with Crippen LogP contribution in [0.2, 0.25) is 0 Å². The van der Waals surface area contributed by atoms with Crippen LogP contribution in [0.15, 0.2) is 132 Å². The first-order chi connectivity index (χ1) is 31.7. The monoisotopic (exact) mass is 892 g/mol. The number of aliphatic imine (C=N–C) groups is 1. The number of rotatable bonds is 11. The van der Waals surface area contributed by atoms with Crippen molar-refractivity contribution in [2.75, 3.05) is 26.2 Å². The van der Waals surface area contributed by atoms with E-state index in [4.69, 9.17) is 5.41 Å². The number of likely N-dealkylation sites (tertiary alicyclic amines) is 2. The molecular weight excluding hydrogens is 830 g/mol. The first-order valence-electron chi connectivity index (χ1n) is 22.8. The van der Waals surface area contributed by atoms with Crippen molar-refractivity contribution in [3.8, 4) is 0 Å². The van der Waals surface area contributed by atoms with Crippen molar-refractivity contribution in [3.05, 3.63) is 233 Å². The molecule has 1 N–H and O–H groups in total. The van der Waals surface area contributed by atoms with Crippen molar-refractivity contribution in [1.29, 1.82) is 5.41 Å². The van der Waals surface area contributed by atoms with E-state index in [2.05, 4.69) is 76.2 Å². The van der Waals surface area contributed by atoms with Crippen LogP contribution in [0.25, 0.3) is 5.41 Å². The Kier molecular flexibility index (Phi) is 24.6. The summed E-state index contributed by atoms with van der Waals surface area (Å²) in [6, 6.07) is 51.7. The van der Waals surface area contributed by atoms with Crippen LogP contribution in [0.1, 0.15) is 98.6 Å². The van der Waals surface area contributed by atoms with Gasteiger partial charge in [-0.1, -0.05) is 72.0 Å². The Labute approximate surface area is 450 Å². The zero-order valence-corrected chi connectivity index (χ0v) is 42.1. The number of hydrogen-bond acceptors (Lipinski definition) is 5. The first kappa shape index (κ1) is 58.7. The molecule has 10 heteroatoms. The van der Waals surface area contributed by atoms with Crippen molar-refractivity contribution in [2.45, 2.75) is 72.1 Å². The normalized spacial score (nSPS) is 14.8. The molecule has 2 saturated heterocycles. The molecule has 9 rings (SSSR count). The largest absolute Gasteiger partial charge is 1.00 e. The number of benzene rings is 6. The fourth-order valence-corrected chi connectivity index (χ4v) is 8.86. The second kappa shape index (κ2) is 28.9. The van der Waals surface area contributed by atoms with Crippen LogP contribution in [-0.2, 0) is 19.6 Å². The van der Waals surface area contributed by atoms with Gasteiger partial charge in [0.25, 0.3) is 5.91 Å². The molecule has 1 amide bonds. The van der Waals surface area contributed by atoms with E-state index in [0.717, 1.165) is 127 Å². The third-order valence-corrected chi connectivity index (χ3v) is 12.5. The quantitative estimate of drug-likeness (QED) is 0.124. The number of nitrogens with zero attached hydrogens (tertiary/aromatic N) is 5. The summed E-state index contributed by atoms with van der Waals surface area (Å²) in [6.07, 6.45) is 7.45. The van der Waals surface area contributed by atoms with E-state index >= 15 is 0 Å². The molecule has 3 aliphatic rings. The van der Waals surface area contributed by atoms with Gasteiger partial charge in [-0.05, 0) is 89.2 Å². The maximum atomic E-state index is 12.8. The Hall–Kier alpha value is -4.62. The summed E-state index contributed by atoms with van der Waals surface area (Å²) in [5.41, 5.74) is 12.5. The fourth-order valence-electron chi connectivity index (χ4n) is 8.86. The van der Waals surface area contributed by atoms with Gasteiger partial charge in [0.1, 0.15) is 0 Å². The smallest absolute Gasteiger partial charge is 0.855 e.